The number of unbranched alkanes of at least 4 members (excludes halogenated alkanes) is 1. The molecule has 0 aromatic heterocycles. The van der Waals surface area contributed by atoms with E-state index in [4.69, 9.17) is 20.5 Å². The number of carbonyl (C=O) groups is 2. The number of methoxy groups -OCH3 is 1. The summed E-state index contributed by atoms with van der Waals surface area (Å²) < 4.78 is 10.4. The van der Waals surface area contributed by atoms with Gasteiger partial charge in [-0.3, -0.25) is 14.9 Å². The van der Waals surface area contributed by atoms with Crippen molar-refractivity contribution in [3.8, 4) is 6.07 Å². The van der Waals surface area contributed by atoms with Crippen LogP contribution in [0.1, 0.15) is 50.5 Å². The Bertz CT molecular complexity index is 991. The maximum atomic E-state index is 13.2. The van der Waals surface area contributed by atoms with Crippen molar-refractivity contribution >= 4 is 17.6 Å². The van der Waals surface area contributed by atoms with Crippen molar-refractivity contribution in [1.29, 1.82) is 5.26 Å². The molecule has 3 N–H and O–H groups in total. The summed E-state index contributed by atoms with van der Waals surface area (Å²) in [4.78, 5) is 36.2. The molecule has 0 saturated heterocycles. The minimum absolute atomic E-state index is 0.0244. The molecule has 1 amide bonds. The van der Waals surface area contributed by atoms with Gasteiger partial charge >= 0.3 is 5.97 Å². The van der Waals surface area contributed by atoms with Crippen molar-refractivity contribution in [2.24, 2.45) is 5.73 Å². The minimum Gasteiger partial charge on any atom is -0.461 e. The number of benzene rings is 1. The number of ether oxygens (including phenoxy) is 2. The Labute approximate surface area is 192 Å². The summed E-state index contributed by atoms with van der Waals surface area (Å²) in [5.74, 6) is -2.23. The molecule has 1 aliphatic rings. The van der Waals surface area contributed by atoms with Crippen LogP contribution in [0.25, 0.3) is 0 Å². The predicted octanol–water partition coefficient (Wildman–Crippen LogP) is 2.96. The molecule has 176 valence electrons. The Morgan fingerprint density at radius 2 is 1.88 bits per heavy atom. The molecule has 1 aromatic carbocycles. The summed E-state index contributed by atoms with van der Waals surface area (Å²) in [7, 11) is 1.61. The van der Waals surface area contributed by atoms with E-state index in [0.29, 0.717) is 42.8 Å². The van der Waals surface area contributed by atoms with Gasteiger partial charge in [-0.25, -0.2) is 4.79 Å². The third kappa shape index (κ3) is 6.40. The van der Waals surface area contributed by atoms with E-state index in [0.717, 1.165) is 6.42 Å². The van der Waals surface area contributed by atoms with Crippen LogP contribution in [0.2, 0.25) is 0 Å². The lowest BCUT2D eigenvalue weighted by molar-refractivity contribution is -0.384. The zero-order chi connectivity index (χ0) is 24.4. The highest BCUT2D eigenvalue weighted by atomic mass is 16.6. The van der Waals surface area contributed by atoms with Gasteiger partial charge in [0.15, 0.2) is 0 Å². The molecule has 0 bridgehead atoms. The molecule has 1 aromatic rings. The number of allylic oxidation sites excluding steroid dienone is 2. The van der Waals surface area contributed by atoms with Crippen molar-refractivity contribution in [3.63, 3.8) is 0 Å². The molecule has 1 unspecified atom stereocenters. The number of nitriles is 1. The first-order valence-electron chi connectivity index (χ1n) is 10.7. The number of amides is 1. The first-order chi connectivity index (χ1) is 15.8. The van der Waals surface area contributed by atoms with Gasteiger partial charge in [-0.05, 0) is 31.2 Å². The average Bonchev–Trinajstić information content (AvgIpc) is 2.80. The third-order valence-corrected chi connectivity index (χ3v) is 5.28. The first-order valence-corrected chi connectivity index (χ1v) is 10.7. The molecule has 0 saturated carbocycles. The summed E-state index contributed by atoms with van der Waals surface area (Å²) >= 11 is 0. The molecule has 1 aliphatic heterocycles. The largest absolute Gasteiger partial charge is 0.461 e. The highest BCUT2D eigenvalue weighted by Gasteiger charge is 2.38. The second-order valence-corrected chi connectivity index (χ2v) is 7.40. The van der Waals surface area contributed by atoms with E-state index in [2.05, 4.69) is 5.32 Å². The zero-order valence-corrected chi connectivity index (χ0v) is 18.8. The van der Waals surface area contributed by atoms with Crippen molar-refractivity contribution in [2.45, 2.75) is 44.9 Å². The molecule has 10 nitrogen and oxygen atoms in total. The number of dihydropyridines is 1. The van der Waals surface area contributed by atoms with E-state index in [-0.39, 0.29) is 29.9 Å². The van der Waals surface area contributed by atoms with E-state index >= 15 is 0 Å². The summed E-state index contributed by atoms with van der Waals surface area (Å²) in [5, 5.41) is 23.1. The highest BCUT2D eigenvalue weighted by Crippen LogP contribution is 2.40. The molecular formula is C23H28N4O6. The van der Waals surface area contributed by atoms with Crippen molar-refractivity contribution in [1.82, 2.24) is 5.32 Å². The van der Waals surface area contributed by atoms with Crippen LogP contribution in [0, 0.1) is 21.4 Å². The van der Waals surface area contributed by atoms with Crippen LogP contribution in [0.3, 0.4) is 0 Å². The average molecular weight is 456 g/mol. The van der Waals surface area contributed by atoms with E-state index in [1.165, 1.54) is 24.3 Å². The number of esters is 1. The number of hydrogen-bond donors (Lipinski definition) is 2. The number of rotatable bonds is 12. The normalized spacial score (nSPS) is 15.6. The van der Waals surface area contributed by atoms with Crippen LogP contribution in [-0.4, -0.2) is 37.1 Å². The second kappa shape index (κ2) is 12.4. The number of carbonyl (C=O) groups excluding carboxylic acids is 2. The van der Waals surface area contributed by atoms with Crippen LogP contribution in [0.15, 0.2) is 46.8 Å². The quantitative estimate of drug-likeness (QED) is 0.210. The fourth-order valence-corrected chi connectivity index (χ4v) is 3.75. The van der Waals surface area contributed by atoms with Crippen LogP contribution in [-0.2, 0) is 19.1 Å². The van der Waals surface area contributed by atoms with Gasteiger partial charge in [0.25, 0.3) is 5.69 Å². The van der Waals surface area contributed by atoms with E-state index in [1.807, 2.05) is 13.0 Å². The van der Waals surface area contributed by atoms with Gasteiger partial charge in [-0.15, -0.1) is 0 Å². The molecule has 10 heteroatoms. The molecule has 0 radical (unpaired) electrons. The fraction of sp³-hybridized carbons (Fsp3) is 0.435. The Balaban J connectivity index is 2.61. The Hall–Kier alpha value is -3.71. The highest BCUT2D eigenvalue weighted by molar-refractivity contribution is 6.01. The SMILES string of the molecule is CCC1=C(C(N)=O)C(c2ccc([N+](=O)[O-])cc2)C(C(=O)OCCC#N)=C(CCCCOC)N1. The molecular weight excluding hydrogens is 428 g/mol. The van der Waals surface area contributed by atoms with Gasteiger partial charge in [-0.1, -0.05) is 19.1 Å². The number of nitrogens with zero attached hydrogens (tertiary/aromatic N) is 2. The van der Waals surface area contributed by atoms with Crippen LogP contribution in [0.4, 0.5) is 5.69 Å². The van der Waals surface area contributed by atoms with E-state index < -0.39 is 22.7 Å². The number of nitro benzene ring substituents is 1. The van der Waals surface area contributed by atoms with Gasteiger partial charge in [0, 0.05) is 42.8 Å². The fourth-order valence-electron chi connectivity index (χ4n) is 3.75. The molecule has 0 spiro atoms. The summed E-state index contributed by atoms with van der Waals surface area (Å²) in [5.41, 5.74) is 7.72. The lowest BCUT2D eigenvalue weighted by Crippen LogP contribution is -2.35. The first kappa shape index (κ1) is 25.5. The third-order valence-electron chi connectivity index (χ3n) is 5.28. The predicted molar refractivity (Wildman–Crippen MR) is 119 cm³/mol. The number of hydrogen-bond acceptors (Lipinski definition) is 8. The van der Waals surface area contributed by atoms with Crippen molar-refractivity contribution in [3.05, 3.63) is 62.5 Å². The molecule has 33 heavy (non-hydrogen) atoms. The molecule has 0 aliphatic carbocycles. The molecule has 0 fully saturated rings. The van der Waals surface area contributed by atoms with Gasteiger partial charge in [0.2, 0.25) is 5.91 Å². The second-order valence-electron chi connectivity index (χ2n) is 7.40. The van der Waals surface area contributed by atoms with Gasteiger partial charge in [-0.2, -0.15) is 5.26 Å². The summed E-state index contributed by atoms with van der Waals surface area (Å²) in [6.07, 6.45) is 2.44. The molecule has 1 heterocycles. The number of nitrogens with two attached hydrogens (primary N) is 1. The lowest BCUT2D eigenvalue weighted by Gasteiger charge is -2.32. The zero-order valence-electron chi connectivity index (χ0n) is 18.8. The van der Waals surface area contributed by atoms with Crippen molar-refractivity contribution < 1.29 is 24.0 Å². The summed E-state index contributed by atoms with van der Waals surface area (Å²) in [6, 6.07) is 7.57. The minimum atomic E-state index is -0.855. The Kier molecular flexibility index (Phi) is 9.57. The lowest BCUT2D eigenvalue weighted by atomic mass is 9.78. The Morgan fingerprint density at radius 3 is 2.42 bits per heavy atom. The van der Waals surface area contributed by atoms with Gasteiger partial charge < -0.3 is 20.5 Å². The van der Waals surface area contributed by atoms with E-state index in [9.17, 15) is 19.7 Å². The molecule has 1 atom stereocenters. The Morgan fingerprint density at radius 1 is 1.18 bits per heavy atom. The van der Waals surface area contributed by atoms with Crippen LogP contribution >= 0.6 is 0 Å². The van der Waals surface area contributed by atoms with Gasteiger partial charge in [0.1, 0.15) is 6.61 Å². The molecule has 2 rings (SSSR count). The standard InChI is InChI=1S/C23H28N4O6/c1-3-17-20(22(25)28)19(15-8-10-16(11-9-15)27(30)31)21(23(29)33-14-6-12-24)18(26-17)7-4-5-13-32-2/h8-11,19,26H,3-7,13-14H2,1-2H3,(H2,25,28). The smallest absolute Gasteiger partial charge is 0.336 e. The maximum Gasteiger partial charge on any atom is 0.336 e. The summed E-state index contributed by atoms with van der Waals surface area (Å²) in [6.45, 7) is 2.32. The number of primary amides is 1. The topological polar surface area (TPSA) is 158 Å². The number of nitrogens with one attached hydrogen (secondary N) is 1. The van der Waals surface area contributed by atoms with Crippen molar-refractivity contribution in [2.75, 3.05) is 20.3 Å². The van der Waals surface area contributed by atoms with E-state index in [1.54, 1.807) is 7.11 Å². The number of nitro groups is 1. The maximum absolute atomic E-state index is 13.2. The van der Waals surface area contributed by atoms with Crippen LogP contribution in [0.5, 0.6) is 0 Å². The monoisotopic (exact) mass is 456 g/mol. The number of non-ortho nitro benzene ring substituents is 1. The van der Waals surface area contributed by atoms with Crippen LogP contribution < -0.4 is 11.1 Å². The van der Waals surface area contributed by atoms with Gasteiger partial charge in [0.05, 0.1) is 28.9 Å².